The number of ether oxygens (including phenoxy) is 5. The molecular weight excluding hydrogens is 426 g/mol. The van der Waals surface area contributed by atoms with Gasteiger partial charge in [0.25, 0.3) is 0 Å². The van der Waals surface area contributed by atoms with Crippen LogP contribution < -0.4 is 24.7 Å². The Kier molecular flexibility index (Phi) is 8.54. The van der Waals surface area contributed by atoms with Crippen molar-refractivity contribution in [1.29, 1.82) is 0 Å². The highest BCUT2D eigenvalue weighted by Crippen LogP contribution is 2.35. The summed E-state index contributed by atoms with van der Waals surface area (Å²) in [6, 6.07) is 11.1. The van der Waals surface area contributed by atoms with Crippen LogP contribution in [0.4, 0.5) is 0 Å². The van der Waals surface area contributed by atoms with Crippen molar-refractivity contribution < 1.29 is 33.3 Å². The third-order valence-corrected chi connectivity index (χ3v) is 5.75. The first-order chi connectivity index (χ1) is 16.0. The predicted octanol–water partition coefficient (Wildman–Crippen LogP) is 2.93. The first-order valence-electron chi connectivity index (χ1n) is 10.9. The Hall–Kier alpha value is -3.26. The van der Waals surface area contributed by atoms with E-state index in [4.69, 9.17) is 29.4 Å². The van der Waals surface area contributed by atoms with E-state index in [9.17, 15) is 9.59 Å². The van der Waals surface area contributed by atoms with E-state index < -0.39 is 0 Å². The van der Waals surface area contributed by atoms with Crippen LogP contribution in [0.5, 0.6) is 23.0 Å². The highest BCUT2D eigenvalue weighted by Gasteiger charge is 2.37. The Labute approximate surface area is 193 Å². The standard InChI is InChI=1S/C25H31NO7/c1-29-20-8-6-16(13-22(20)30-2)11-18-15-32-25(28)19(18)12-17-7-9-21(23(14-17)31-3)33-24(27)5-4-10-26/h6-9,13-14,18-19H,4-5,10-12,15,26H2,1-3H3/t18-,19+/m0/s1. The van der Waals surface area contributed by atoms with E-state index in [1.54, 1.807) is 26.4 Å². The lowest BCUT2D eigenvalue weighted by Gasteiger charge is -2.17. The van der Waals surface area contributed by atoms with E-state index in [0.29, 0.717) is 55.4 Å². The Morgan fingerprint density at radius 1 is 0.939 bits per heavy atom. The summed E-state index contributed by atoms with van der Waals surface area (Å²) in [7, 11) is 4.71. The summed E-state index contributed by atoms with van der Waals surface area (Å²) in [5.41, 5.74) is 7.38. The lowest BCUT2D eigenvalue weighted by Crippen LogP contribution is -2.20. The van der Waals surface area contributed by atoms with Gasteiger partial charge in [0.2, 0.25) is 0 Å². The molecule has 8 heteroatoms. The highest BCUT2D eigenvalue weighted by molar-refractivity contribution is 5.75. The summed E-state index contributed by atoms with van der Waals surface area (Å²) in [6.45, 7) is 0.791. The fraction of sp³-hybridized carbons (Fsp3) is 0.440. The Morgan fingerprint density at radius 3 is 2.18 bits per heavy atom. The maximum atomic E-state index is 12.5. The Bertz CT molecular complexity index is 975. The van der Waals surface area contributed by atoms with Crippen molar-refractivity contribution in [3.63, 3.8) is 0 Å². The zero-order chi connectivity index (χ0) is 23.8. The fourth-order valence-electron chi connectivity index (χ4n) is 3.96. The quantitative estimate of drug-likeness (QED) is 0.406. The average molecular weight is 458 g/mol. The van der Waals surface area contributed by atoms with E-state index in [-0.39, 0.29) is 30.2 Å². The minimum Gasteiger partial charge on any atom is -0.493 e. The zero-order valence-electron chi connectivity index (χ0n) is 19.3. The molecule has 0 saturated carbocycles. The summed E-state index contributed by atoms with van der Waals surface area (Å²) >= 11 is 0. The molecule has 0 unspecified atom stereocenters. The average Bonchev–Trinajstić information content (AvgIpc) is 3.17. The van der Waals surface area contributed by atoms with E-state index in [0.717, 1.165) is 11.1 Å². The maximum Gasteiger partial charge on any atom is 0.311 e. The van der Waals surface area contributed by atoms with Crippen molar-refractivity contribution in [3.8, 4) is 23.0 Å². The maximum absolute atomic E-state index is 12.5. The third kappa shape index (κ3) is 6.16. The van der Waals surface area contributed by atoms with Gasteiger partial charge in [0.05, 0.1) is 33.9 Å². The molecule has 2 aromatic rings. The Balaban J connectivity index is 1.71. The highest BCUT2D eigenvalue weighted by atomic mass is 16.6. The molecule has 1 aliphatic rings. The van der Waals surface area contributed by atoms with Gasteiger partial charge in [0, 0.05) is 12.3 Å². The smallest absolute Gasteiger partial charge is 0.311 e. The van der Waals surface area contributed by atoms with Crippen LogP contribution in [0.2, 0.25) is 0 Å². The minimum absolute atomic E-state index is 0.0235. The van der Waals surface area contributed by atoms with Gasteiger partial charge in [-0.1, -0.05) is 12.1 Å². The number of benzene rings is 2. The number of cyclic esters (lactones) is 1. The van der Waals surface area contributed by atoms with Crippen LogP contribution in [0.1, 0.15) is 24.0 Å². The number of methoxy groups -OCH3 is 3. The summed E-state index contributed by atoms with van der Waals surface area (Å²) in [6.07, 6.45) is 1.97. The second-order valence-corrected chi connectivity index (χ2v) is 7.95. The molecule has 178 valence electrons. The molecule has 2 N–H and O–H groups in total. The van der Waals surface area contributed by atoms with Crippen LogP contribution >= 0.6 is 0 Å². The van der Waals surface area contributed by atoms with Crippen LogP contribution in [-0.2, 0) is 27.2 Å². The van der Waals surface area contributed by atoms with Crippen molar-refractivity contribution in [2.75, 3.05) is 34.5 Å². The molecule has 1 heterocycles. The van der Waals surface area contributed by atoms with Crippen molar-refractivity contribution in [1.82, 2.24) is 0 Å². The van der Waals surface area contributed by atoms with Gasteiger partial charge in [-0.2, -0.15) is 0 Å². The number of hydrogen-bond donors (Lipinski definition) is 1. The van der Waals surface area contributed by atoms with Crippen LogP contribution in [0.3, 0.4) is 0 Å². The summed E-state index contributed by atoms with van der Waals surface area (Å²) in [5, 5.41) is 0. The molecular formula is C25H31NO7. The van der Waals surface area contributed by atoms with Crippen LogP contribution in [0.15, 0.2) is 36.4 Å². The van der Waals surface area contributed by atoms with Crippen LogP contribution in [0.25, 0.3) is 0 Å². The van der Waals surface area contributed by atoms with E-state index in [1.807, 2.05) is 24.3 Å². The molecule has 2 atom stereocenters. The Morgan fingerprint density at radius 2 is 1.55 bits per heavy atom. The number of hydrogen-bond acceptors (Lipinski definition) is 8. The number of nitrogens with two attached hydrogens (primary N) is 1. The number of esters is 2. The van der Waals surface area contributed by atoms with Gasteiger partial charge in [-0.3, -0.25) is 9.59 Å². The molecule has 33 heavy (non-hydrogen) atoms. The molecule has 0 spiro atoms. The minimum atomic E-state index is -0.360. The molecule has 0 amide bonds. The number of carbonyl (C=O) groups excluding carboxylic acids is 2. The van der Waals surface area contributed by atoms with Crippen molar-refractivity contribution in [2.24, 2.45) is 17.6 Å². The van der Waals surface area contributed by atoms with Gasteiger partial charge < -0.3 is 29.4 Å². The van der Waals surface area contributed by atoms with Crippen molar-refractivity contribution in [3.05, 3.63) is 47.5 Å². The third-order valence-electron chi connectivity index (χ3n) is 5.75. The van der Waals surface area contributed by atoms with Crippen LogP contribution in [-0.4, -0.2) is 46.4 Å². The van der Waals surface area contributed by atoms with Gasteiger partial charge in [0.1, 0.15) is 0 Å². The first-order valence-corrected chi connectivity index (χ1v) is 10.9. The zero-order valence-corrected chi connectivity index (χ0v) is 19.3. The SMILES string of the molecule is COc1ccc(C[C@H]2COC(=O)[C@@H]2Cc2ccc(OC(=O)CCCN)c(OC)c2)cc1OC. The summed E-state index contributed by atoms with van der Waals surface area (Å²) in [4.78, 5) is 24.4. The molecule has 0 aromatic heterocycles. The second kappa shape index (κ2) is 11.6. The van der Waals surface area contributed by atoms with Gasteiger partial charge >= 0.3 is 11.9 Å². The monoisotopic (exact) mass is 457 g/mol. The fourth-order valence-corrected chi connectivity index (χ4v) is 3.96. The number of carbonyl (C=O) groups is 2. The largest absolute Gasteiger partial charge is 0.493 e. The molecule has 3 rings (SSSR count). The molecule has 0 bridgehead atoms. The van der Waals surface area contributed by atoms with Gasteiger partial charge in [-0.25, -0.2) is 0 Å². The van der Waals surface area contributed by atoms with E-state index >= 15 is 0 Å². The molecule has 2 aromatic carbocycles. The van der Waals surface area contributed by atoms with Gasteiger partial charge in [-0.15, -0.1) is 0 Å². The van der Waals surface area contributed by atoms with Crippen molar-refractivity contribution >= 4 is 11.9 Å². The molecule has 8 nitrogen and oxygen atoms in total. The van der Waals surface area contributed by atoms with Gasteiger partial charge in [0.15, 0.2) is 23.0 Å². The van der Waals surface area contributed by atoms with Crippen molar-refractivity contribution in [2.45, 2.75) is 25.7 Å². The van der Waals surface area contributed by atoms with E-state index in [1.165, 1.54) is 7.11 Å². The van der Waals surface area contributed by atoms with E-state index in [2.05, 4.69) is 0 Å². The lowest BCUT2D eigenvalue weighted by molar-refractivity contribution is -0.141. The van der Waals surface area contributed by atoms with Crippen LogP contribution in [0, 0.1) is 11.8 Å². The topological polar surface area (TPSA) is 106 Å². The summed E-state index contributed by atoms with van der Waals surface area (Å²) in [5.74, 6) is 1.26. The normalized spacial score (nSPS) is 17.4. The second-order valence-electron chi connectivity index (χ2n) is 7.95. The summed E-state index contributed by atoms with van der Waals surface area (Å²) < 4.78 is 26.9. The molecule has 1 aliphatic heterocycles. The first kappa shape index (κ1) is 24.4. The predicted molar refractivity (Wildman–Crippen MR) is 122 cm³/mol. The molecule has 0 aliphatic carbocycles. The molecule has 1 saturated heterocycles. The molecule has 0 radical (unpaired) electrons. The number of rotatable bonds is 11. The van der Waals surface area contributed by atoms with Gasteiger partial charge in [-0.05, 0) is 61.2 Å². The lowest BCUT2D eigenvalue weighted by atomic mass is 9.85. The molecule has 1 fully saturated rings.